The molecule has 1 fully saturated rings. The van der Waals surface area contributed by atoms with E-state index >= 15 is 0 Å². The van der Waals surface area contributed by atoms with Crippen LogP contribution in [0.4, 0.5) is 5.82 Å². The van der Waals surface area contributed by atoms with Gasteiger partial charge in [-0.25, -0.2) is 4.79 Å². The van der Waals surface area contributed by atoms with Gasteiger partial charge in [0, 0.05) is 6.04 Å². The molecular formula is C7H8BrN3O2. The molecule has 0 atom stereocenters. The minimum absolute atomic E-state index is 0.0863. The number of anilines is 1. The standard InChI is InChI=1S/C7H8BrN3O2/c8-4-5(7(12)13)10-11-6(4)9-3-1-2-3/h3H,1-2H2,(H,12,13)(H2,9,10,11). The summed E-state index contributed by atoms with van der Waals surface area (Å²) in [5, 5.41) is 18.1. The van der Waals surface area contributed by atoms with Gasteiger partial charge in [0.2, 0.25) is 0 Å². The topological polar surface area (TPSA) is 78.0 Å². The number of H-pyrrole nitrogens is 1. The van der Waals surface area contributed by atoms with E-state index in [1.807, 2.05) is 0 Å². The maximum absolute atomic E-state index is 10.6. The molecule has 0 unspecified atom stereocenters. The zero-order chi connectivity index (χ0) is 9.42. The van der Waals surface area contributed by atoms with Crippen molar-refractivity contribution in [3.8, 4) is 0 Å². The number of rotatable bonds is 3. The van der Waals surface area contributed by atoms with Crippen LogP contribution in [-0.2, 0) is 0 Å². The quantitative estimate of drug-likeness (QED) is 0.754. The fourth-order valence-electron chi connectivity index (χ4n) is 0.987. The van der Waals surface area contributed by atoms with Crippen molar-refractivity contribution < 1.29 is 9.90 Å². The van der Waals surface area contributed by atoms with Crippen LogP contribution in [0.15, 0.2) is 4.47 Å². The molecule has 0 spiro atoms. The summed E-state index contributed by atoms with van der Waals surface area (Å²) in [6.45, 7) is 0. The number of nitrogens with zero attached hydrogens (tertiary/aromatic N) is 1. The number of halogens is 1. The molecule has 1 saturated carbocycles. The van der Waals surface area contributed by atoms with E-state index in [9.17, 15) is 4.79 Å². The molecule has 0 aliphatic heterocycles. The zero-order valence-corrected chi connectivity index (χ0v) is 8.26. The molecule has 1 heterocycles. The number of hydrogen-bond acceptors (Lipinski definition) is 3. The molecule has 13 heavy (non-hydrogen) atoms. The van der Waals surface area contributed by atoms with Crippen molar-refractivity contribution in [2.24, 2.45) is 0 Å². The minimum Gasteiger partial charge on any atom is -0.476 e. The normalized spacial score (nSPS) is 15.8. The van der Waals surface area contributed by atoms with Gasteiger partial charge in [-0.1, -0.05) is 0 Å². The van der Waals surface area contributed by atoms with E-state index in [0.29, 0.717) is 16.3 Å². The molecule has 2 rings (SSSR count). The summed E-state index contributed by atoms with van der Waals surface area (Å²) in [5.41, 5.74) is 0.0863. The third kappa shape index (κ3) is 1.67. The summed E-state index contributed by atoms with van der Waals surface area (Å²) in [4.78, 5) is 10.6. The number of carbonyl (C=O) groups is 1. The van der Waals surface area contributed by atoms with Gasteiger partial charge in [-0.2, -0.15) is 5.10 Å². The predicted molar refractivity (Wildman–Crippen MR) is 49.9 cm³/mol. The molecule has 1 aliphatic rings. The first-order valence-electron chi connectivity index (χ1n) is 3.92. The van der Waals surface area contributed by atoms with Gasteiger partial charge < -0.3 is 10.4 Å². The van der Waals surface area contributed by atoms with E-state index in [0.717, 1.165) is 12.8 Å². The molecule has 0 amide bonds. The van der Waals surface area contributed by atoms with Gasteiger partial charge in [-0.05, 0) is 28.8 Å². The Morgan fingerprint density at radius 1 is 1.69 bits per heavy atom. The highest BCUT2D eigenvalue weighted by atomic mass is 79.9. The molecule has 3 N–H and O–H groups in total. The molecule has 1 aliphatic carbocycles. The van der Waals surface area contributed by atoms with E-state index in [4.69, 9.17) is 5.11 Å². The average molecular weight is 246 g/mol. The molecule has 0 saturated heterocycles. The van der Waals surface area contributed by atoms with Crippen LogP contribution in [0.1, 0.15) is 23.3 Å². The number of carboxylic acids is 1. The van der Waals surface area contributed by atoms with Crippen molar-refractivity contribution >= 4 is 27.7 Å². The Labute approximate surface area is 82.7 Å². The van der Waals surface area contributed by atoms with Gasteiger partial charge in [0.15, 0.2) is 11.5 Å². The van der Waals surface area contributed by atoms with Crippen LogP contribution in [-0.4, -0.2) is 27.3 Å². The lowest BCUT2D eigenvalue weighted by molar-refractivity contribution is 0.0689. The van der Waals surface area contributed by atoms with E-state index in [1.54, 1.807) is 0 Å². The summed E-state index contributed by atoms with van der Waals surface area (Å²) in [6, 6.07) is 0.459. The van der Waals surface area contributed by atoms with Crippen LogP contribution in [0.5, 0.6) is 0 Å². The van der Waals surface area contributed by atoms with E-state index in [1.165, 1.54) is 0 Å². The second-order valence-corrected chi connectivity index (χ2v) is 3.78. The number of aromatic nitrogens is 2. The number of carboxylic acid groups (broad SMARTS) is 1. The third-order valence-electron chi connectivity index (χ3n) is 1.84. The smallest absolute Gasteiger partial charge is 0.355 e. The fraction of sp³-hybridized carbons (Fsp3) is 0.429. The van der Waals surface area contributed by atoms with Crippen molar-refractivity contribution in [1.82, 2.24) is 10.2 Å². The summed E-state index contributed by atoms with van der Waals surface area (Å²) in [7, 11) is 0. The van der Waals surface area contributed by atoms with Crippen LogP contribution >= 0.6 is 15.9 Å². The van der Waals surface area contributed by atoms with Crippen molar-refractivity contribution in [3.05, 3.63) is 10.2 Å². The molecule has 0 bridgehead atoms. The first-order chi connectivity index (χ1) is 6.18. The zero-order valence-electron chi connectivity index (χ0n) is 6.67. The first-order valence-corrected chi connectivity index (χ1v) is 4.71. The first kappa shape index (κ1) is 8.55. The van der Waals surface area contributed by atoms with Gasteiger partial charge in [0.05, 0.1) is 4.47 Å². The lowest BCUT2D eigenvalue weighted by atomic mass is 10.4. The largest absolute Gasteiger partial charge is 0.476 e. The number of hydrogen-bond donors (Lipinski definition) is 3. The van der Waals surface area contributed by atoms with E-state index < -0.39 is 5.97 Å². The van der Waals surface area contributed by atoms with Gasteiger partial charge in [0.1, 0.15) is 0 Å². The molecule has 0 aromatic carbocycles. The Balaban J connectivity index is 2.21. The van der Waals surface area contributed by atoms with Crippen molar-refractivity contribution in [3.63, 3.8) is 0 Å². The highest BCUT2D eigenvalue weighted by Crippen LogP contribution is 2.29. The molecule has 6 heteroatoms. The Morgan fingerprint density at radius 2 is 2.38 bits per heavy atom. The Hall–Kier alpha value is -1.04. The highest BCUT2D eigenvalue weighted by molar-refractivity contribution is 9.10. The molecule has 70 valence electrons. The fourth-order valence-corrected chi connectivity index (χ4v) is 1.45. The third-order valence-corrected chi connectivity index (χ3v) is 2.61. The van der Waals surface area contributed by atoms with Gasteiger partial charge >= 0.3 is 5.97 Å². The lowest BCUT2D eigenvalue weighted by Crippen LogP contribution is -2.01. The average Bonchev–Trinajstić information content (AvgIpc) is 2.78. The Morgan fingerprint density at radius 3 is 2.85 bits per heavy atom. The van der Waals surface area contributed by atoms with Crippen molar-refractivity contribution in [1.29, 1.82) is 0 Å². The van der Waals surface area contributed by atoms with Crippen LogP contribution in [0.25, 0.3) is 0 Å². The molecule has 1 aromatic rings. The van der Waals surface area contributed by atoms with Gasteiger partial charge in [0.25, 0.3) is 0 Å². The second kappa shape index (κ2) is 3.02. The lowest BCUT2D eigenvalue weighted by Gasteiger charge is -1.98. The Bertz CT molecular complexity index is 346. The summed E-state index contributed by atoms with van der Waals surface area (Å²) < 4.78 is 0.493. The highest BCUT2D eigenvalue weighted by Gasteiger charge is 2.24. The van der Waals surface area contributed by atoms with Crippen LogP contribution in [0, 0.1) is 0 Å². The predicted octanol–water partition coefficient (Wildman–Crippen LogP) is 1.44. The number of aromatic carboxylic acids is 1. The molecular weight excluding hydrogens is 238 g/mol. The van der Waals surface area contributed by atoms with Gasteiger partial charge in [-0.3, -0.25) is 5.10 Å². The van der Waals surface area contributed by atoms with Crippen LogP contribution < -0.4 is 5.32 Å². The summed E-state index contributed by atoms with van der Waals surface area (Å²) >= 11 is 3.17. The molecule has 0 radical (unpaired) electrons. The van der Waals surface area contributed by atoms with Crippen molar-refractivity contribution in [2.45, 2.75) is 18.9 Å². The second-order valence-electron chi connectivity index (χ2n) is 2.98. The monoisotopic (exact) mass is 245 g/mol. The van der Waals surface area contributed by atoms with Crippen molar-refractivity contribution in [2.75, 3.05) is 5.32 Å². The summed E-state index contributed by atoms with van der Waals surface area (Å²) in [5.74, 6) is -0.428. The van der Waals surface area contributed by atoms with Crippen LogP contribution in [0.3, 0.4) is 0 Å². The SMILES string of the molecule is O=C(O)c1[nH]nc(NC2CC2)c1Br. The Kier molecular flexibility index (Phi) is 1.99. The minimum atomic E-state index is -1.01. The maximum atomic E-state index is 10.6. The maximum Gasteiger partial charge on any atom is 0.355 e. The molecule has 5 nitrogen and oxygen atoms in total. The van der Waals surface area contributed by atoms with Crippen LogP contribution in [0.2, 0.25) is 0 Å². The van der Waals surface area contributed by atoms with Gasteiger partial charge in [-0.15, -0.1) is 0 Å². The number of aromatic amines is 1. The van der Waals surface area contributed by atoms with E-state index in [2.05, 4.69) is 31.4 Å². The van der Waals surface area contributed by atoms with E-state index in [-0.39, 0.29) is 5.69 Å². The molecule has 1 aromatic heterocycles. The summed E-state index contributed by atoms with van der Waals surface area (Å²) in [6.07, 6.45) is 2.25. The number of nitrogens with one attached hydrogen (secondary N) is 2.